The Morgan fingerprint density at radius 1 is 1.33 bits per heavy atom. The van der Waals surface area contributed by atoms with Crippen LogP contribution in [0.3, 0.4) is 0 Å². The maximum atomic E-state index is 5.09. The van der Waals surface area contributed by atoms with Crippen LogP contribution in [-0.2, 0) is 0 Å². The first-order chi connectivity index (χ1) is 8.75. The Morgan fingerprint density at radius 3 is 2.78 bits per heavy atom. The van der Waals surface area contributed by atoms with Gasteiger partial charge in [0.1, 0.15) is 0 Å². The topological polar surface area (TPSA) is 31.6 Å². The van der Waals surface area contributed by atoms with Crippen LogP contribution in [0.5, 0.6) is 0 Å². The molecule has 1 atom stereocenters. The van der Waals surface area contributed by atoms with E-state index in [1.807, 2.05) is 12.3 Å². The van der Waals surface area contributed by atoms with E-state index in [-0.39, 0.29) is 0 Å². The average Bonchev–Trinajstić information content (AvgIpc) is 2.90. The first-order valence-electron chi connectivity index (χ1n) is 6.92. The number of nitrogens with one attached hydrogen (secondary N) is 1. The number of hydrogen-bond donors (Lipinski definition) is 1. The lowest BCUT2D eigenvalue weighted by molar-refractivity contribution is 0.152. The van der Waals surface area contributed by atoms with Crippen LogP contribution in [0.4, 0.5) is 0 Å². The molecular weight excluding hydrogens is 226 g/mol. The monoisotopic (exact) mass is 251 g/mol. The normalized spacial score (nSPS) is 20.1. The summed E-state index contributed by atoms with van der Waals surface area (Å²) in [5, 5.41) is 3.54. The van der Waals surface area contributed by atoms with E-state index in [1.54, 1.807) is 6.26 Å². The Labute approximate surface area is 110 Å². The predicted octanol–water partition coefficient (Wildman–Crippen LogP) is 1.57. The largest absolute Gasteiger partial charge is 0.472 e. The van der Waals surface area contributed by atoms with Crippen molar-refractivity contribution in [1.29, 1.82) is 0 Å². The van der Waals surface area contributed by atoms with Crippen molar-refractivity contribution in [2.45, 2.75) is 19.4 Å². The summed E-state index contributed by atoms with van der Waals surface area (Å²) in [5.41, 5.74) is 1.23. The van der Waals surface area contributed by atoms with Crippen LogP contribution in [0.25, 0.3) is 0 Å². The first kappa shape index (κ1) is 13.6. The van der Waals surface area contributed by atoms with Crippen molar-refractivity contribution >= 4 is 0 Å². The van der Waals surface area contributed by atoms with Crippen LogP contribution >= 0.6 is 0 Å². The van der Waals surface area contributed by atoms with E-state index in [9.17, 15) is 0 Å². The second kappa shape index (κ2) is 6.92. The molecule has 0 radical (unpaired) electrons. The summed E-state index contributed by atoms with van der Waals surface area (Å²) in [6.07, 6.45) is 4.77. The Bertz CT molecular complexity index is 318. The van der Waals surface area contributed by atoms with Crippen molar-refractivity contribution < 1.29 is 4.42 Å². The molecule has 0 aromatic carbocycles. The fourth-order valence-electron chi connectivity index (χ4n) is 2.33. The number of rotatable bonds is 6. The van der Waals surface area contributed by atoms with Gasteiger partial charge in [-0.25, -0.2) is 0 Å². The minimum Gasteiger partial charge on any atom is -0.472 e. The Kier molecular flexibility index (Phi) is 5.23. The van der Waals surface area contributed by atoms with Crippen molar-refractivity contribution in [3.63, 3.8) is 0 Å². The van der Waals surface area contributed by atoms with Gasteiger partial charge < -0.3 is 19.5 Å². The number of furan rings is 1. The van der Waals surface area contributed by atoms with Gasteiger partial charge in [0.15, 0.2) is 0 Å². The fourth-order valence-corrected chi connectivity index (χ4v) is 2.33. The van der Waals surface area contributed by atoms with Gasteiger partial charge in [0.05, 0.1) is 12.5 Å². The molecule has 4 heteroatoms. The Balaban J connectivity index is 1.56. The molecule has 1 aliphatic heterocycles. The van der Waals surface area contributed by atoms with Gasteiger partial charge in [-0.15, -0.1) is 0 Å². The second-order valence-electron chi connectivity index (χ2n) is 5.23. The molecule has 1 saturated heterocycles. The van der Waals surface area contributed by atoms with Crippen molar-refractivity contribution in [2.24, 2.45) is 0 Å². The molecule has 1 aromatic rings. The minimum atomic E-state index is 0.385. The van der Waals surface area contributed by atoms with E-state index in [4.69, 9.17) is 4.42 Å². The van der Waals surface area contributed by atoms with Crippen molar-refractivity contribution in [2.75, 3.05) is 46.3 Å². The van der Waals surface area contributed by atoms with Gasteiger partial charge >= 0.3 is 0 Å². The Morgan fingerprint density at radius 2 is 2.11 bits per heavy atom. The summed E-state index contributed by atoms with van der Waals surface area (Å²) in [4.78, 5) is 4.96. The summed E-state index contributed by atoms with van der Waals surface area (Å²) in [6.45, 7) is 9.30. The molecular formula is C14H25N3O. The zero-order valence-corrected chi connectivity index (χ0v) is 11.6. The molecule has 0 amide bonds. The third-order valence-electron chi connectivity index (χ3n) is 3.74. The van der Waals surface area contributed by atoms with E-state index in [1.165, 1.54) is 44.7 Å². The molecule has 1 aliphatic rings. The summed E-state index contributed by atoms with van der Waals surface area (Å²) in [7, 11) is 2.20. The van der Waals surface area contributed by atoms with E-state index < -0.39 is 0 Å². The lowest BCUT2D eigenvalue weighted by Gasteiger charge is -2.32. The van der Waals surface area contributed by atoms with Crippen LogP contribution < -0.4 is 5.32 Å². The highest BCUT2D eigenvalue weighted by Crippen LogP contribution is 2.11. The summed E-state index contributed by atoms with van der Waals surface area (Å²) in [5.74, 6) is 0. The second-order valence-corrected chi connectivity index (χ2v) is 5.23. The number of hydrogen-bond acceptors (Lipinski definition) is 4. The van der Waals surface area contributed by atoms with Crippen LogP contribution in [-0.4, -0.2) is 56.1 Å². The smallest absolute Gasteiger partial charge is 0.0950 e. The van der Waals surface area contributed by atoms with Gasteiger partial charge in [0.2, 0.25) is 0 Å². The van der Waals surface area contributed by atoms with Crippen LogP contribution in [0.2, 0.25) is 0 Å². The quantitative estimate of drug-likeness (QED) is 0.778. The van der Waals surface area contributed by atoms with Gasteiger partial charge in [-0.05, 0) is 39.5 Å². The maximum absolute atomic E-state index is 5.09. The van der Waals surface area contributed by atoms with Crippen molar-refractivity contribution in [1.82, 2.24) is 15.1 Å². The fraction of sp³-hybridized carbons (Fsp3) is 0.714. The third kappa shape index (κ3) is 4.12. The van der Waals surface area contributed by atoms with E-state index >= 15 is 0 Å². The highest BCUT2D eigenvalue weighted by Gasteiger charge is 2.13. The molecule has 1 aromatic heterocycles. The molecule has 2 heterocycles. The van der Waals surface area contributed by atoms with Gasteiger partial charge in [0, 0.05) is 37.8 Å². The molecule has 4 nitrogen and oxygen atoms in total. The molecule has 18 heavy (non-hydrogen) atoms. The minimum absolute atomic E-state index is 0.385. The number of nitrogens with zero attached hydrogens (tertiary/aromatic N) is 2. The first-order valence-corrected chi connectivity index (χ1v) is 6.92. The lowest BCUT2D eigenvalue weighted by Crippen LogP contribution is -2.45. The zero-order valence-electron chi connectivity index (χ0n) is 11.6. The zero-order chi connectivity index (χ0) is 12.8. The van der Waals surface area contributed by atoms with E-state index in [0.717, 1.165) is 6.54 Å². The average molecular weight is 251 g/mol. The summed E-state index contributed by atoms with van der Waals surface area (Å²) in [6, 6.07) is 2.41. The molecule has 0 bridgehead atoms. The van der Waals surface area contributed by atoms with Crippen LogP contribution in [0.15, 0.2) is 23.0 Å². The molecule has 1 unspecified atom stereocenters. The summed E-state index contributed by atoms with van der Waals surface area (Å²) < 4.78 is 5.09. The van der Waals surface area contributed by atoms with E-state index in [0.29, 0.717) is 6.04 Å². The molecule has 102 valence electrons. The maximum Gasteiger partial charge on any atom is 0.0950 e. The molecule has 1 fully saturated rings. The molecule has 0 spiro atoms. The van der Waals surface area contributed by atoms with Gasteiger partial charge in [-0.2, -0.15) is 0 Å². The van der Waals surface area contributed by atoms with Crippen molar-refractivity contribution in [3.05, 3.63) is 24.2 Å². The van der Waals surface area contributed by atoms with Crippen LogP contribution in [0.1, 0.15) is 24.9 Å². The van der Waals surface area contributed by atoms with Crippen molar-refractivity contribution in [3.8, 4) is 0 Å². The molecule has 0 aliphatic carbocycles. The number of likely N-dealkylation sites (N-methyl/N-ethyl adjacent to an activating group) is 1. The van der Waals surface area contributed by atoms with Gasteiger partial charge in [-0.1, -0.05) is 0 Å². The molecule has 2 rings (SSSR count). The van der Waals surface area contributed by atoms with Crippen LogP contribution in [0, 0.1) is 0 Å². The molecule has 0 saturated carbocycles. The SMILES string of the molecule is CC(NCCCN1CCN(C)CC1)c1ccoc1. The standard InChI is InChI=1S/C14H25N3O/c1-13(14-4-11-18-12-14)15-5-3-6-17-9-7-16(2)8-10-17/h4,11-13,15H,3,5-10H2,1-2H3. The Hall–Kier alpha value is -0.840. The van der Waals surface area contributed by atoms with Gasteiger partial charge in [-0.3, -0.25) is 0 Å². The molecule has 1 N–H and O–H groups in total. The highest BCUT2D eigenvalue weighted by molar-refractivity contribution is 5.09. The predicted molar refractivity (Wildman–Crippen MR) is 73.7 cm³/mol. The third-order valence-corrected chi connectivity index (χ3v) is 3.74. The van der Waals surface area contributed by atoms with E-state index in [2.05, 4.69) is 29.1 Å². The highest BCUT2D eigenvalue weighted by atomic mass is 16.3. The van der Waals surface area contributed by atoms with Gasteiger partial charge in [0.25, 0.3) is 0 Å². The number of piperazine rings is 1. The summed E-state index contributed by atoms with van der Waals surface area (Å²) >= 11 is 0. The lowest BCUT2D eigenvalue weighted by atomic mass is 10.2.